The number of unbranched alkanes of at least 4 members (excludes halogenated alkanes) is 5. The van der Waals surface area contributed by atoms with Gasteiger partial charge in [-0.15, -0.1) is 0 Å². The molecule has 22 nitrogen and oxygen atoms in total. The number of alkyl halides is 2. The topological polar surface area (TPSA) is 268 Å². The number of rotatable bonds is 26. The average molecular weight is 1500 g/mol. The van der Waals surface area contributed by atoms with Crippen molar-refractivity contribution in [2.45, 2.75) is 132 Å². The van der Waals surface area contributed by atoms with E-state index in [4.69, 9.17) is 18.9 Å². The maximum Gasteiger partial charge on any atom is 0.323 e. The van der Waals surface area contributed by atoms with Crippen LogP contribution in [0.15, 0.2) is 84.9 Å². The molecule has 8 rings (SSSR count). The third-order valence-electron chi connectivity index (χ3n) is 14.0. The number of nitrogens with zero attached hydrogens (tertiary/aromatic N) is 8. The number of benzene rings is 4. The first-order chi connectivity index (χ1) is 44.2. The summed E-state index contributed by atoms with van der Waals surface area (Å²) in [5.74, 6) is 2.06. The van der Waals surface area contributed by atoms with E-state index in [1.807, 2.05) is 78.4 Å². The Morgan fingerprint density at radius 3 is 1.74 bits per heavy atom. The molecule has 0 aliphatic carbocycles. The Morgan fingerprint density at radius 2 is 1.15 bits per heavy atom. The van der Waals surface area contributed by atoms with Crippen LogP contribution >= 0.6 is 45.2 Å². The van der Waals surface area contributed by atoms with Gasteiger partial charge in [-0.1, -0.05) is 149 Å². The third-order valence-corrected chi connectivity index (χ3v) is 15.6. The number of hydrogen-bond acceptors (Lipinski definition) is 20. The highest BCUT2D eigenvalue weighted by atomic mass is 127. The van der Waals surface area contributed by atoms with Crippen LogP contribution in [0.4, 0.5) is 35.2 Å². The second kappa shape index (κ2) is 41.0. The second-order valence-corrected chi connectivity index (χ2v) is 26.8. The Morgan fingerprint density at radius 1 is 0.609 bits per heavy atom. The van der Waals surface area contributed by atoms with Crippen LogP contribution in [0.2, 0.25) is 0 Å². The van der Waals surface area contributed by atoms with Crippen molar-refractivity contribution >= 4 is 92.2 Å². The fraction of sp³-hybridized carbons (Fsp3) is 0.529. The molecule has 0 saturated carbocycles. The van der Waals surface area contributed by atoms with Crippen LogP contribution < -0.4 is 50.8 Å². The molecular formula is C68H100I2N14O8. The number of phenolic OH excluding ortho intramolecular Hbond substituents is 2. The van der Waals surface area contributed by atoms with E-state index in [0.29, 0.717) is 87.2 Å². The summed E-state index contributed by atoms with van der Waals surface area (Å²) in [6.45, 7) is 17.7. The first kappa shape index (κ1) is 75.9. The van der Waals surface area contributed by atoms with Gasteiger partial charge in [-0.3, -0.25) is 9.59 Å². The minimum atomic E-state index is -0.351. The number of amides is 2. The molecule has 24 heteroatoms. The number of nitrogens with one attached hydrogen (secondary N) is 6. The maximum absolute atomic E-state index is 13.4. The van der Waals surface area contributed by atoms with Crippen LogP contribution in [-0.4, -0.2) is 151 Å². The Labute approximate surface area is 573 Å². The number of carbonyl (C=O) groups is 2. The lowest BCUT2D eigenvalue weighted by atomic mass is 9.93. The SMILES string of the molecule is CCOc1nc(NCc2ccc(O)cc2)nc(Nc2ccc(C(=O)NCC(C)(C)CN(C)C)c(O)c2)n1.CCOc1nc2nc(n1)Nc1ccc(C(=O)NCC(C)(C)CN(C)C)c(c1)OCCCCCCCCOc1ccc(cc1)CN2.ICCCCCCCCI. The van der Waals surface area contributed by atoms with Crippen molar-refractivity contribution in [3.63, 3.8) is 0 Å². The molecule has 0 fully saturated rings. The highest BCUT2D eigenvalue weighted by Gasteiger charge is 2.24. The first-order valence-electron chi connectivity index (χ1n) is 32.0. The summed E-state index contributed by atoms with van der Waals surface area (Å²) in [6, 6.07) is 25.2. The average Bonchev–Trinajstić information content (AvgIpc) is 1.03. The molecule has 4 heterocycles. The normalized spacial score (nSPS) is 12.9. The summed E-state index contributed by atoms with van der Waals surface area (Å²) in [5, 5.41) is 38.6. The summed E-state index contributed by atoms with van der Waals surface area (Å²) >= 11 is 4.91. The molecule has 0 saturated heterocycles. The maximum atomic E-state index is 13.4. The highest BCUT2D eigenvalue weighted by Crippen LogP contribution is 2.29. The molecule has 4 aromatic carbocycles. The Kier molecular flexibility index (Phi) is 33.9. The zero-order valence-corrected chi connectivity index (χ0v) is 60.0. The molecule has 2 amide bonds. The largest absolute Gasteiger partial charge is 0.508 e. The lowest BCUT2D eigenvalue weighted by Gasteiger charge is -2.28. The first-order valence-corrected chi connectivity index (χ1v) is 35.1. The van der Waals surface area contributed by atoms with Gasteiger partial charge in [-0.2, -0.15) is 29.9 Å². The van der Waals surface area contributed by atoms with E-state index in [2.05, 4.69) is 144 Å². The minimum Gasteiger partial charge on any atom is -0.508 e. The van der Waals surface area contributed by atoms with Gasteiger partial charge < -0.3 is 70.9 Å². The molecule has 0 atom stereocenters. The van der Waals surface area contributed by atoms with Gasteiger partial charge in [0, 0.05) is 62.8 Å². The zero-order chi connectivity index (χ0) is 66.7. The Hall–Kier alpha value is -6.78. The van der Waals surface area contributed by atoms with Crippen LogP contribution in [0.1, 0.15) is 150 Å². The summed E-state index contributed by atoms with van der Waals surface area (Å²) in [5.41, 5.74) is 3.62. The smallest absolute Gasteiger partial charge is 0.323 e. The van der Waals surface area contributed by atoms with Gasteiger partial charge in [-0.05, 0) is 147 Å². The van der Waals surface area contributed by atoms with E-state index in [1.54, 1.807) is 42.5 Å². The van der Waals surface area contributed by atoms with Crippen molar-refractivity contribution in [3.8, 4) is 35.0 Å². The number of ether oxygens (including phenoxy) is 4. The van der Waals surface area contributed by atoms with E-state index in [-0.39, 0.29) is 63.6 Å². The predicted octanol–water partition coefficient (Wildman–Crippen LogP) is 13.6. The lowest BCUT2D eigenvalue weighted by molar-refractivity contribution is 0.0918. The van der Waals surface area contributed by atoms with Crippen molar-refractivity contribution in [2.75, 3.05) is 111 Å². The minimum absolute atomic E-state index is 0.0857. The van der Waals surface area contributed by atoms with E-state index < -0.39 is 0 Å². The standard InChI is InChI=1S/C34H49N7O4.C26H35N7O4.C8H16I2/c1-6-43-33-39-31-35-22-25-13-16-27(17-14-25)44-19-11-9-7-8-10-12-20-45-29-21-26(37-32(38-31)40-33)15-18-28(29)30(42)36-23-34(2,3)24-41(4)5;1-6-37-25-31-23(27-14-17-7-10-19(34)11-8-17)30-24(32-25)29-18-9-12-20(21(35)13-18)22(36)28-15-26(2,3)16-33(4)5;9-7-5-3-1-2-4-6-8-10/h13-18,21H,6-12,19-20,22-24H2,1-5H3,(H,36,42)(H2,35,37,38,39,40);7-13,34-35H,6,14-16H2,1-5H3,(H,28,36)(H2,27,29,30,31,32);1-8H2. The van der Waals surface area contributed by atoms with Crippen molar-refractivity contribution in [3.05, 3.63) is 107 Å². The van der Waals surface area contributed by atoms with E-state index >= 15 is 0 Å². The summed E-state index contributed by atoms with van der Waals surface area (Å²) < 4.78 is 25.9. The van der Waals surface area contributed by atoms with E-state index in [0.717, 1.165) is 68.5 Å². The number of anilines is 6. The molecule has 2 aliphatic rings. The number of aromatic hydroxyl groups is 2. The summed E-state index contributed by atoms with van der Waals surface area (Å²) in [7, 11) is 8.04. The molecule has 6 aromatic rings. The zero-order valence-electron chi connectivity index (χ0n) is 55.7. The number of phenols is 2. The predicted molar refractivity (Wildman–Crippen MR) is 386 cm³/mol. The van der Waals surface area contributed by atoms with Crippen LogP contribution in [0.25, 0.3) is 0 Å². The summed E-state index contributed by atoms with van der Waals surface area (Å²) in [4.78, 5) is 56.5. The van der Waals surface area contributed by atoms with Crippen molar-refractivity contribution in [2.24, 2.45) is 10.8 Å². The van der Waals surface area contributed by atoms with Gasteiger partial charge in [0.1, 0.15) is 23.0 Å². The van der Waals surface area contributed by atoms with Gasteiger partial charge in [0.2, 0.25) is 23.8 Å². The molecule has 0 spiro atoms. The molecule has 8 N–H and O–H groups in total. The molecule has 2 aromatic heterocycles. The Balaban J connectivity index is 0.000000294. The van der Waals surface area contributed by atoms with Crippen molar-refractivity contribution in [1.29, 1.82) is 0 Å². The molecule has 504 valence electrons. The van der Waals surface area contributed by atoms with Crippen LogP contribution in [0, 0.1) is 10.8 Å². The van der Waals surface area contributed by atoms with E-state index in [9.17, 15) is 19.8 Å². The van der Waals surface area contributed by atoms with E-state index in [1.165, 1.54) is 53.4 Å². The van der Waals surface area contributed by atoms with Gasteiger partial charge in [-0.25, -0.2) is 0 Å². The van der Waals surface area contributed by atoms with Crippen LogP contribution in [-0.2, 0) is 13.1 Å². The quantitative estimate of drug-likeness (QED) is 0.0142. The fourth-order valence-electron chi connectivity index (χ4n) is 9.85. The summed E-state index contributed by atoms with van der Waals surface area (Å²) in [6.07, 6.45) is 15.0. The number of aromatic nitrogens is 6. The third kappa shape index (κ3) is 29.9. The van der Waals surface area contributed by atoms with Gasteiger partial charge in [0.15, 0.2) is 0 Å². The molecule has 0 unspecified atom stereocenters. The fourth-order valence-corrected chi connectivity index (χ4v) is 10.9. The number of carbonyl (C=O) groups excluding carboxylic acids is 2. The second-order valence-electron chi connectivity index (χ2n) is 24.6. The number of hydrogen-bond donors (Lipinski definition) is 8. The number of fused-ring (bicyclic) bond motifs is 12. The molecule has 92 heavy (non-hydrogen) atoms. The molecule has 6 bridgehead atoms. The van der Waals surface area contributed by atoms with Gasteiger partial charge >= 0.3 is 12.0 Å². The molecule has 2 aliphatic heterocycles. The molecule has 0 radical (unpaired) electrons. The van der Waals surface area contributed by atoms with Crippen LogP contribution in [0.5, 0.6) is 35.0 Å². The monoisotopic (exact) mass is 1490 g/mol. The lowest BCUT2D eigenvalue weighted by Crippen LogP contribution is -2.40. The Bertz CT molecular complexity index is 3120. The van der Waals surface area contributed by atoms with Gasteiger partial charge in [0.25, 0.3) is 11.8 Å². The van der Waals surface area contributed by atoms with Gasteiger partial charge in [0.05, 0.1) is 37.6 Å². The van der Waals surface area contributed by atoms with Crippen LogP contribution in [0.3, 0.4) is 0 Å². The molecular weight excluding hydrogens is 1390 g/mol. The highest BCUT2D eigenvalue weighted by molar-refractivity contribution is 14.1. The number of halogens is 2. The van der Waals surface area contributed by atoms with Crippen molar-refractivity contribution < 1.29 is 38.7 Å². The van der Waals surface area contributed by atoms with Crippen molar-refractivity contribution in [1.82, 2.24) is 50.3 Å².